The molecule has 0 saturated heterocycles. The van der Waals surface area contributed by atoms with Gasteiger partial charge in [0.25, 0.3) is 0 Å². The minimum atomic E-state index is -0.544. The summed E-state index contributed by atoms with van der Waals surface area (Å²) in [5.74, 6) is -2.00. The molecule has 0 fully saturated rings. The zero-order chi connectivity index (χ0) is 32.3. The molecule has 0 aromatic carbocycles. The molecule has 0 bridgehead atoms. The van der Waals surface area contributed by atoms with Crippen LogP contribution >= 0.6 is 0 Å². The number of nitrogens with zero attached hydrogens (tertiary/aromatic N) is 3. The average molecular weight is 617 g/mol. The molecule has 0 aliphatic rings. The first kappa shape index (κ1) is 40.2. The molecular weight excluding hydrogens is 560 g/mol. The monoisotopic (exact) mass is 616 g/mol. The van der Waals surface area contributed by atoms with E-state index in [2.05, 4.69) is 22.9 Å². The van der Waals surface area contributed by atoms with E-state index in [4.69, 9.17) is 0 Å². The lowest BCUT2D eigenvalue weighted by Gasteiger charge is -2.15. The van der Waals surface area contributed by atoms with Crippen molar-refractivity contribution in [3.8, 4) is 0 Å². The Morgan fingerprint density at radius 2 is 0.907 bits per heavy atom. The first-order valence-electron chi connectivity index (χ1n) is 15.8. The van der Waals surface area contributed by atoms with Crippen LogP contribution in [0.1, 0.15) is 110 Å². The topological polar surface area (TPSA) is 192 Å². The van der Waals surface area contributed by atoms with Crippen molar-refractivity contribution in [2.45, 2.75) is 110 Å². The molecule has 0 heterocycles. The van der Waals surface area contributed by atoms with E-state index in [0.29, 0.717) is 66.8 Å². The maximum absolute atomic E-state index is 12.0. The maximum atomic E-state index is 12.0. The molecule has 43 heavy (non-hydrogen) atoms. The Bertz CT molecular complexity index is 801. The minimum Gasteiger partial charge on any atom is -0.356 e. The number of hydroxylamine groups is 6. The highest BCUT2D eigenvalue weighted by molar-refractivity contribution is 5.83. The molecule has 0 aliphatic heterocycles. The second kappa shape index (κ2) is 26.8. The molecule has 0 radical (unpaired) electrons. The number of hydrogen-bond donors (Lipinski definition) is 6. The van der Waals surface area contributed by atoms with Crippen LogP contribution < -0.4 is 16.0 Å². The summed E-state index contributed by atoms with van der Waals surface area (Å²) in [6.07, 6.45) is 8.50. The molecule has 14 heteroatoms. The summed E-state index contributed by atoms with van der Waals surface area (Å²) in [5, 5.41) is 39.8. The fourth-order valence-electron chi connectivity index (χ4n) is 3.98. The number of amides is 5. The molecule has 0 aliphatic carbocycles. The molecule has 0 spiro atoms. The summed E-state index contributed by atoms with van der Waals surface area (Å²) in [7, 11) is 0. The zero-order valence-electron chi connectivity index (χ0n) is 26.3. The van der Waals surface area contributed by atoms with Crippen LogP contribution in [-0.4, -0.2) is 106 Å². The van der Waals surface area contributed by atoms with Crippen LogP contribution in [0.25, 0.3) is 0 Å². The first-order valence-corrected chi connectivity index (χ1v) is 15.8. The number of unbranched alkanes of at least 4 members (excludes halogenated alkanes) is 7. The zero-order valence-corrected chi connectivity index (χ0v) is 26.3. The van der Waals surface area contributed by atoms with Crippen LogP contribution in [0.2, 0.25) is 0 Å². The normalized spacial score (nSPS) is 10.7. The van der Waals surface area contributed by atoms with Gasteiger partial charge in [0.2, 0.25) is 29.5 Å². The van der Waals surface area contributed by atoms with Gasteiger partial charge in [-0.05, 0) is 70.9 Å². The van der Waals surface area contributed by atoms with Crippen LogP contribution in [-0.2, 0) is 24.0 Å². The van der Waals surface area contributed by atoms with E-state index in [9.17, 15) is 39.6 Å². The summed E-state index contributed by atoms with van der Waals surface area (Å²) in [5.41, 5.74) is 0. The number of nitrogens with one attached hydrogen (secondary N) is 3. The quantitative estimate of drug-likeness (QED) is 0.0457. The van der Waals surface area contributed by atoms with Crippen LogP contribution in [0.4, 0.5) is 0 Å². The predicted octanol–water partition coefficient (Wildman–Crippen LogP) is 2.35. The summed E-state index contributed by atoms with van der Waals surface area (Å²) in [6, 6.07) is 0. The third-order valence-corrected chi connectivity index (χ3v) is 6.74. The van der Waals surface area contributed by atoms with Gasteiger partial charge in [-0.2, -0.15) is 0 Å². The highest BCUT2D eigenvalue weighted by atomic mass is 16.5. The highest BCUT2D eigenvalue weighted by Gasteiger charge is 2.14. The standard InChI is InChI=1S/C29H56N6O8/c1-3-4-18-30-19-8-5-12-23-34(42)28(39)16-14-27(38)32-21-10-7-13-24-35(43)29(40)17-15-26(37)31-20-9-6-11-22-33(41)25(2)36/h30,41-43H,3-24H2,1-2H3,(H,31,37)(H,32,38). The van der Waals surface area contributed by atoms with E-state index in [0.717, 1.165) is 45.2 Å². The number of carbonyl (C=O) groups is 5. The molecule has 5 amide bonds. The molecule has 0 rings (SSSR count). The Hall–Kier alpha value is -2.81. The van der Waals surface area contributed by atoms with E-state index in [-0.39, 0.29) is 57.1 Å². The van der Waals surface area contributed by atoms with Gasteiger partial charge in [-0.25, -0.2) is 15.2 Å². The molecule has 0 unspecified atom stereocenters. The van der Waals surface area contributed by atoms with Crippen LogP contribution in [0.15, 0.2) is 0 Å². The van der Waals surface area contributed by atoms with Crippen molar-refractivity contribution in [2.24, 2.45) is 0 Å². The van der Waals surface area contributed by atoms with Crippen molar-refractivity contribution in [3.63, 3.8) is 0 Å². The highest BCUT2D eigenvalue weighted by Crippen LogP contribution is 2.03. The van der Waals surface area contributed by atoms with Gasteiger partial charge in [0, 0.05) is 65.3 Å². The Labute approximate surface area is 256 Å². The van der Waals surface area contributed by atoms with E-state index >= 15 is 0 Å². The molecule has 250 valence electrons. The SMILES string of the molecule is CCCCNCCCCCN(O)C(=O)CCC(=O)NCCCCCN(O)C(=O)CCC(=O)NCCCCCN(O)C(C)=O. The number of rotatable bonds is 27. The largest absolute Gasteiger partial charge is 0.356 e. The number of hydrogen-bond acceptors (Lipinski definition) is 9. The number of carbonyl (C=O) groups excluding carboxylic acids is 5. The van der Waals surface area contributed by atoms with Gasteiger partial charge in [-0.1, -0.05) is 19.8 Å². The molecular formula is C29H56N6O8. The minimum absolute atomic E-state index is 0.00663. The molecule has 0 atom stereocenters. The summed E-state index contributed by atoms with van der Waals surface area (Å²) < 4.78 is 0. The maximum Gasteiger partial charge on any atom is 0.246 e. The van der Waals surface area contributed by atoms with Gasteiger partial charge in [-0.15, -0.1) is 0 Å². The van der Waals surface area contributed by atoms with Gasteiger partial charge < -0.3 is 16.0 Å². The lowest BCUT2D eigenvalue weighted by Crippen LogP contribution is -2.31. The van der Waals surface area contributed by atoms with Gasteiger partial charge in [0.15, 0.2) is 0 Å². The van der Waals surface area contributed by atoms with E-state index in [1.165, 1.54) is 6.92 Å². The Morgan fingerprint density at radius 1 is 0.512 bits per heavy atom. The van der Waals surface area contributed by atoms with Crippen LogP contribution in [0.5, 0.6) is 0 Å². The van der Waals surface area contributed by atoms with Gasteiger partial charge in [0.1, 0.15) is 0 Å². The van der Waals surface area contributed by atoms with E-state index < -0.39 is 17.7 Å². The van der Waals surface area contributed by atoms with Crippen molar-refractivity contribution < 1.29 is 39.6 Å². The smallest absolute Gasteiger partial charge is 0.246 e. The van der Waals surface area contributed by atoms with Gasteiger partial charge in [-0.3, -0.25) is 39.6 Å². The molecule has 6 N–H and O–H groups in total. The van der Waals surface area contributed by atoms with Gasteiger partial charge in [0.05, 0.1) is 0 Å². The molecule has 14 nitrogen and oxygen atoms in total. The van der Waals surface area contributed by atoms with Crippen molar-refractivity contribution in [3.05, 3.63) is 0 Å². The average Bonchev–Trinajstić information content (AvgIpc) is 2.98. The fraction of sp³-hybridized carbons (Fsp3) is 0.828. The summed E-state index contributed by atoms with van der Waals surface area (Å²) in [6.45, 7) is 6.79. The Balaban J connectivity index is 3.73. The first-order chi connectivity index (χ1) is 20.6. The van der Waals surface area contributed by atoms with Crippen molar-refractivity contribution in [1.82, 2.24) is 31.1 Å². The van der Waals surface area contributed by atoms with Crippen molar-refractivity contribution in [2.75, 3.05) is 45.8 Å². The molecule has 0 aromatic rings. The van der Waals surface area contributed by atoms with Crippen LogP contribution in [0.3, 0.4) is 0 Å². The summed E-state index contributed by atoms with van der Waals surface area (Å²) in [4.78, 5) is 58.8. The third-order valence-electron chi connectivity index (χ3n) is 6.74. The Morgan fingerprint density at radius 3 is 1.33 bits per heavy atom. The van der Waals surface area contributed by atoms with E-state index in [1.807, 2.05) is 0 Å². The predicted molar refractivity (Wildman–Crippen MR) is 160 cm³/mol. The van der Waals surface area contributed by atoms with Crippen molar-refractivity contribution >= 4 is 29.5 Å². The fourth-order valence-corrected chi connectivity index (χ4v) is 3.98. The summed E-state index contributed by atoms with van der Waals surface area (Å²) >= 11 is 0. The van der Waals surface area contributed by atoms with Gasteiger partial charge >= 0.3 is 0 Å². The second-order valence-electron chi connectivity index (χ2n) is 10.7. The molecule has 0 saturated carbocycles. The van der Waals surface area contributed by atoms with Crippen molar-refractivity contribution in [1.29, 1.82) is 0 Å². The third kappa shape index (κ3) is 24.3. The van der Waals surface area contributed by atoms with Crippen LogP contribution in [0, 0.1) is 0 Å². The lowest BCUT2D eigenvalue weighted by molar-refractivity contribution is -0.166. The Kier molecular flexibility index (Phi) is 25.0. The van der Waals surface area contributed by atoms with E-state index in [1.54, 1.807) is 0 Å². The molecule has 0 aromatic heterocycles. The second-order valence-corrected chi connectivity index (χ2v) is 10.7. The lowest BCUT2D eigenvalue weighted by atomic mass is 10.2.